The van der Waals surface area contributed by atoms with E-state index in [0.29, 0.717) is 30.6 Å². The second kappa shape index (κ2) is 7.21. The molecule has 1 aromatic carbocycles. The second-order valence-electron chi connectivity index (χ2n) is 6.01. The van der Waals surface area contributed by atoms with Gasteiger partial charge in [-0.05, 0) is 43.7 Å². The average molecular weight is 320 g/mol. The van der Waals surface area contributed by atoms with Crippen LogP contribution in [-0.4, -0.2) is 39.9 Å². The molecule has 1 amide bonds. The van der Waals surface area contributed by atoms with Crippen LogP contribution >= 0.6 is 0 Å². The van der Waals surface area contributed by atoms with Crippen molar-refractivity contribution in [3.8, 4) is 0 Å². The van der Waals surface area contributed by atoms with Gasteiger partial charge in [-0.1, -0.05) is 0 Å². The molecule has 1 heterocycles. The van der Waals surface area contributed by atoms with Crippen molar-refractivity contribution in [3.05, 3.63) is 39.4 Å². The molecule has 0 aliphatic carbocycles. The summed E-state index contributed by atoms with van der Waals surface area (Å²) >= 11 is 0. The fourth-order valence-corrected chi connectivity index (χ4v) is 2.99. The summed E-state index contributed by atoms with van der Waals surface area (Å²) in [4.78, 5) is 35.4. The highest BCUT2D eigenvalue weighted by Gasteiger charge is 2.26. The molecule has 1 atom stereocenters. The maximum absolute atomic E-state index is 12.6. The molecule has 124 valence electrons. The quantitative estimate of drug-likeness (QED) is 0.664. The predicted molar refractivity (Wildman–Crippen MR) is 83.3 cm³/mol. The Morgan fingerprint density at radius 1 is 1.39 bits per heavy atom. The molecule has 23 heavy (non-hydrogen) atoms. The normalized spacial score (nSPS) is 17.8. The van der Waals surface area contributed by atoms with E-state index in [1.807, 2.05) is 0 Å². The number of likely N-dealkylation sites (tertiary alicyclic amines) is 1. The molecule has 0 radical (unpaired) electrons. The van der Waals surface area contributed by atoms with Gasteiger partial charge in [0.25, 0.3) is 11.6 Å². The topological polar surface area (TPSA) is 101 Å². The van der Waals surface area contributed by atoms with Gasteiger partial charge in [-0.3, -0.25) is 19.7 Å². The number of non-ortho nitro benzene ring substituents is 1. The molecular weight excluding hydrogens is 300 g/mol. The molecule has 0 saturated carbocycles. The Bertz CT molecular complexity index is 629. The van der Waals surface area contributed by atoms with Gasteiger partial charge in [-0.15, -0.1) is 0 Å². The third-order valence-electron chi connectivity index (χ3n) is 4.09. The van der Waals surface area contributed by atoms with Crippen molar-refractivity contribution in [3.63, 3.8) is 0 Å². The second-order valence-corrected chi connectivity index (χ2v) is 6.01. The zero-order valence-electron chi connectivity index (χ0n) is 13.0. The van der Waals surface area contributed by atoms with E-state index in [2.05, 4.69) is 0 Å². The van der Waals surface area contributed by atoms with Gasteiger partial charge >= 0.3 is 5.97 Å². The number of benzene rings is 1. The number of piperidine rings is 1. The SMILES string of the molecule is Cc1cc(C(=O)N2CCCC(CCC(=O)O)C2)cc([N+](=O)[O-])c1. The Morgan fingerprint density at radius 3 is 2.78 bits per heavy atom. The molecule has 1 fully saturated rings. The molecule has 1 aromatic rings. The molecule has 2 rings (SSSR count). The number of carbonyl (C=O) groups excluding carboxylic acids is 1. The largest absolute Gasteiger partial charge is 0.481 e. The lowest BCUT2D eigenvalue weighted by atomic mass is 9.93. The fourth-order valence-electron chi connectivity index (χ4n) is 2.99. The Hall–Kier alpha value is -2.44. The van der Waals surface area contributed by atoms with Crippen LogP contribution in [0.5, 0.6) is 0 Å². The average Bonchev–Trinajstić information content (AvgIpc) is 2.51. The van der Waals surface area contributed by atoms with E-state index < -0.39 is 10.9 Å². The van der Waals surface area contributed by atoms with Crippen LogP contribution in [0, 0.1) is 23.0 Å². The van der Waals surface area contributed by atoms with Gasteiger partial charge in [-0.25, -0.2) is 0 Å². The van der Waals surface area contributed by atoms with Crippen LogP contribution in [0.1, 0.15) is 41.6 Å². The van der Waals surface area contributed by atoms with E-state index in [0.717, 1.165) is 12.8 Å². The Balaban J connectivity index is 2.10. The smallest absolute Gasteiger partial charge is 0.303 e. The minimum Gasteiger partial charge on any atom is -0.481 e. The van der Waals surface area contributed by atoms with E-state index in [1.165, 1.54) is 12.1 Å². The maximum atomic E-state index is 12.6. The number of aliphatic carboxylic acids is 1. The molecule has 1 aliphatic rings. The van der Waals surface area contributed by atoms with Crippen molar-refractivity contribution in [2.24, 2.45) is 5.92 Å². The number of hydrogen-bond acceptors (Lipinski definition) is 4. The number of aryl methyl sites for hydroxylation is 1. The molecule has 1 unspecified atom stereocenters. The number of nitro benzene ring substituents is 1. The van der Waals surface area contributed by atoms with Crippen molar-refractivity contribution in [2.75, 3.05) is 13.1 Å². The van der Waals surface area contributed by atoms with Crippen LogP contribution in [0.15, 0.2) is 18.2 Å². The van der Waals surface area contributed by atoms with Crippen molar-refractivity contribution in [2.45, 2.75) is 32.6 Å². The van der Waals surface area contributed by atoms with Crippen LogP contribution in [0.3, 0.4) is 0 Å². The Kier molecular flexibility index (Phi) is 5.31. The monoisotopic (exact) mass is 320 g/mol. The molecule has 1 aliphatic heterocycles. The maximum Gasteiger partial charge on any atom is 0.303 e. The van der Waals surface area contributed by atoms with E-state index in [-0.39, 0.29) is 23.9 Å². The highest BCUT2D eigenvalue weighted by atomic mass is 16.6. The van der Waals surface area contributed by atoms with Gasteiger partial charge in [0.2, 0.25) is 0 Å². The summed E-state index contributed by atoms with van der Waals surface area (Å²) in [5.74, 6) is -0.886. The molecule has 0 bridgehead atoms. The summed E-state index contributed by atoms with van der Waals surface area (Å²) in [5.41, 5.74) is 0.894. The summed E-state index contributed by atoms with van der Waals surface area (Å²) in [6, 6.07) is 4.38. The lowest BCUT2D eigenvalue weighted by molar-refractivity contribution is -0.384. The molecule has 0 spiro atoms. The minimum atomic E-state index is -0.831. The first-order chi connectivity index (χ1) is 10.9. The zero-order chi connectivity index (χ0) is 17.0. The molecule has 1 N–H and O–H groups in total. The van der Waals surface area contributed by atoms with Crippen molar-refractivity contribution >= 4 is 17.6 Å². The molecule has 7 nitrogen and oxygen atoms in total. The first-order valence-electron chi connectivity index (χ1n) is 7.64. The van der Waals surface area contributed by atoms with Gasteiger partial charge in [0, 0.05) is 37.2 Å². The van der Waals surface area contributed by atoms with Crippen molar-refractivity contribution in [1.82, 2.24) is 4.90 Å². The number of amides is 1. The van der Waals surface area contributed by atoms with E-state index in [9.17, 15) is 19.7 Å². The lowest BCUT2D eigenvalue weighted by Crippen LogP contribution is -2.40. The predicted octanol–water partition coefficient (Wildman–Crippen LogP) is 2.62. The van der Waals surface area contributed by atoms with Gasteiger partial charge in [0.15, 0.2) is 0 Å². The van der Waals surface area contributed by atoms with Crippen molar-refractivity contribution < 1.29 is 19.6 Å². The van der Waals surface area contributed by atoms with Gasteiger partial charge in [-0.2, -0.15) is 0 Å². The van der Waals surface area contributed by atoms with Gasteiger partial charge in [0.05, 0.1) is 4.92 Å². The molecule has 7 heteroatoms. The number of hydrogen-bond donors (Lipinski definition) is 1. The third kappa shape index (κ3) is 4.51. The number of rotatable bonds is 5. The summed E-state index contributed by atoms with van der Waals surface area (Å²) in [6.45, 7) is 2.83. The molecular formula is C16H20N2O5. The van der Waals surface area contributed by atoms with Crippen LogP contribution in [0.4, 0.5) is 5.69 Å². The highest BCUT2D eigenvalue weighted by Crippen LogP contribution is 2.24. The number of carboxylic acids is 1. The number of nitro groups is 1. The Labute approximate surface area is 134 Å². The molecule has 1 saturated heterocycles. The molecule has 0 aromatic heterocycles. The number of carbonyl (C=O) groups is 2. The van der Waals surface area contributed by atoms with Crippen LogP contribution in [0.25, 0.3) is 0 Å². The first-order valence-corrected chi connectivity index (χ1v) is 7.64. The standard InChI is InChI=1S/C16H20N2O5/c1-11-7-13(9-14(8-11)18(22)23)16(21)17-6-2-3-12(10-17)4-5-15(19)20/h7-9,12H,2-6,10H2,1H3,(H,19,20). The van der Waals surface area contributed by atoms with Crippen LogP contribution in [0.2, 0.25) is 0 Å². The fraction of sp³-hybridized carbons (Fsp3) is 0.500. The zero-order valence-corrected chi connectivity index (χ0v) is 13.0. The highest BCUT2D eigenvalue weighted by molar-refractivity contribution is 5.95. The van der Waals surface area contributed by atoms with Crippen LogP contribution in [-0.2, 0) is 4.79 Å². The van der Waals surface area contributed by atoms with Crippen molar-refractivity contribution in [1.29, 1.82) is 0 Å². The van der Waals surface area contributed by atoms with Gasteiger partial charge < -0.3 is 10.0 Å². The summed E-state index contributed by atoms with van der Waals surface area (Å²) in [7, 11) is 0. The number of carboxylic acid groups (broad SMARTS) is 1. The first kappa shape index (κ1) is 16.9. The lowest BCUT2D eigenvalue weighted by Gasteiger charge is -2.32. The van der Waals surface area contributed by atoms with E-state index in [1.54, 1.807) is 17.9 Å². The minimum absolute atomic E-state index is 0.0900. The van der Waals surface area contributed by atoms with Crippen LogP contribution < -0.4 is 0 Å². The summed E-state index contributed by atoms with van der Waals surface area (Å²) < 4.78 is 0. The van der Waals surface area contributed by atoms with Gasteiger partial charge in [0.1, 0.15) is 0 Å². The van der Waals surface area contributed by atoms with E-state index >= 15 is 0 Å². The Morgan fingerprint density at radius 2 is 2.13 bits per heavy atom. The number of nitrogens with zero attached hydrogens (tertiary/aromatic N) is 2. The summed E-state index contributed by atoms with van der Waals surface area (Å²) in [6.07, 6.45) is 2.38. The third-order valence-corrected chi connectivity index (χ3v) is 4.09. The van der Waals surface area contributed by atoms with E-state index in [4.69, 9.17) is 5.11 Å². The summed E-state index contributed by atoms with van der Waals surface area (Å²) in [5, 5.41) is 19.7.